The van der Waals surface area contributed by atoms with E-state index in [4.69, 9.17) is 0 Å². The molecule has 1 unspecified atom stereocenters. The third-order valence-corrected chi connectivity index (χ3v) is 5.68. The Morgan fingerprint density at radius 2 is 1.96 bits per heavy atom. The molecule has 1 aliphatic carbocycles. The second-order valence-electron chi connectivity index (χ2n) is 6.19. The molecule has 3 aromatic rings. The van der Waals surface area contributed by atoms with Crippen molar-refractivity contribution in [1.82, 2.24) is 9.38 Å². The van der Waals surface area contributed by atoms with Crippen molar-refractivity contribution in [3.05, 3.63) is 64.2 Å². The molecule has 1 aliphatic rings. The smallest absolute Gasteiger partial charge is 0.194 e. The molecule has 0 saturated carbocycles. The van der Waals surface area contributed by atoms with Crippen LogP contribution in [0.25, 0.3) is 11.0 Å². The topological polar surface area (TPSA) is 37.5 Å². The quantitative estimate of drug-likeness (QED) is 0.709. The lowest BCUT2D eigenvalue weighted by molar-refractivity contribution is 0.223. The van der Waals surface area contributed by atoms with E-state index in [1.807, 2.05) is 6.08 Å². The van der Waals surface area contributed by atoms with Crippen LogP contribution in [0, 0.1) is 5.82 Å². The largest absolute Gasteiger partial charge is 0.383 e. The van der Waals surface area contributed by atoms with Crippen LogP contribution < -0.4 is 0 Å². The molecular weight excluding hydrogens is 323 g/mol. The average molecular weight is 342 g/mol. The fourth-order valence-corrected chi connectivity index (χ4v) is 4.46. The first-order valence-electron chi connectivity index (χ1n) is 8.32. The average Bonchev–Trinajstić information content (AvgIpc) is 3.06. The predicted octanol–water partition coefficient (Wildman–Crippen LogP) is 4.55. The van der Waals surface area contributed by atoms with E-state index in [9.17, 15) is 9.50 Å². The molecule has 0 fully saturated rings. The number of aromatic nitrogens is 2. The summed E-state index contributed by atoms with van der Waals surface area (Å²) in [5, 5.41) is 10.6. The Bertz CT molecular complexity index is 879. The van der Waals surface area contributed by atoms with Gasteiger partial charge >= 0.3 is 0 Å². The Balaban J connectivity index is 1.65. The number of hydrogen-bond acceptors (Lipinski definition) is 3. The summed E-state index contributed by atoms with van der Waals surface area (Å²) in [6, 6.07) is 6.23. The van der Waals surface area contributed by atoms with E-state index in [0.29, 0.717) is 0 Å². The Kier molecular flexibility index (Phi) is 4.21. The summed E-state index contributed by atoms with van der Waals surface area (Å²) < 4.78 is 15.1. The number of imidazole rings is 1. The number of halogens is 1. The third kappa shape index (κ3) is 2.89. The SMILES string of the molecule is OC(C=Cc1ccc(F)cc1)c1cnc2sc3c(n12)CCCCC3. The molecule has 0 bridgehead atoms. The molecule has 5 heteroatoms. The molecule has 0 radical (unpaired) electrons. The molecule has 3 nitrogen and oxygen atoms in total. The second-order valence-corrected chi connectivity index (χ2v) is 7.25. The van der Waals surface area contributed by atoms with Gasteiger partial charge in [0.05, 0.1) is 11.9 Å². The zero-order valence-corrected chi connectivity index (χ0v) is 14.1. The lowest BCUT2D eigenvalue weighted by Gasteiger charge is -2.08. The van der Waals surface area contributed by atoms with Crippen LogP contribution in [-0.4, -0.2) is 14.5 Å². The van der Waals surface area contributed by atoms with Crippen LogP contribution in [0.15, 0.2) is 36.5 Å². The van der Waals surface area contributed by atoms with Crippen LogP contribution in [0.2, 0.25) is 0 Å². The van der Waals surface area contributed by atoms with Crippen molar-refractivity contribution in [2.75, 3.05) is 0 Å². The Labute approximate surface area is 144 Å². The molecule has 0 saturated heterocycles. The molecule has 2 heterocycles. The highest BCUT2D eigenvalue weighted by atomic mass is 32.1. The molecule has 0 aliphatic heterocycles. The van der Waals surface area contributed by atoms with E-state index < -0.39 is 6.10 Å². The summed E-state index contributed by atoms with van der Waals surface area (Å²) in [6.45, 7) is 0. The molecule has 1 atom stereocenters. The van der Waals surface area contributed by atoms with Gasteiger partial charge in [-0.15, -0.1) is 11.3 Å². The maximum atomic E-state index is 13.0. The fourth-order valence-electron chi connectivity index (χ4n) is 3.27. The first kappa shape index (κ1) is 15.5. The summed E-state index contributed by atoms with van der Waals surface area (Å²) in [6.07, 6.45) is 10.4. The van der Waals surface area contributed by atoms with Gasteiger partial charge in [0.2, 0.25) is 0 Å². The van der Waals surface area contributed by atoms with E-state index in [0.717, 1.165) is 29.1 Å². The van der Waals surface area contributed by atoms with E-state index in [1.165, 1.54) is 42.0 Å². The molecule has 0 amide bonds. The van der Waals surface area contributed by atoms with Crippen molar-refractivity contribution in [3.8, 4) is 0 Å². The summed E-state index contributed by atoms with van der Waals surface area (Å²) >= 11 is 1.74. The minimum atomic E-state index is -0.730. The van der Waals surface area contributed by atoms with Crippen molar-refractivity contribution in [2.45, 2.75) is 38.2 Å². The highest BCUT2D eigenvalue weighted by Gasteiger charge is 2.20. The van der Waals surface area contributed by atoms with Gasteiger partial charge in [-0.3, -0.25) is 4.40 Å². The van der Waals surface area contributed by atoms with Gasteiger partial charge in [-0.1, -0.05) is 24.6 Å². The maximum Gasteiger partial charge on any atom is 0.194 e. The number of benzene rings is 1. The number of fused-ring (bicyclic) bond motifs is 3. The number of rotatable bonds is 3. The number of aliphatic hydroxyl groups is 1. The van der Waals surface area contributed by atoms with E-state index in [1.54, 1.807) is 35.7 Å². The molecule has 1 N–H and O–H groups in total. The molecule has 0 spiro atoms. The van der Waals surface area contributed by atoms with Crippen molar-refractivity contribution < 1.29 is 9.50 Å². The predicted molar refractivity (Wildman–Crippen MR) is 94.7 cm³/mol. The molecule has 124 valence electrons. The Morgan fingerprint density at radius 1 is 1.17 bits per heavy atom. The normalized spacial score (nSPS) is 16.4. The van der Waals surface area contributed by atoms with Crippen LogP contribution in [0.1, 0.15) is 47.2 Å². The lowest BCUT2D eigenvalue weighted by atomic mass is 10.1. The highest BCUT2D eigenvalue weighted by Crippen LogP contribution is 2.32. The van der Waals surface area contributed by atoms with Crippen LogP contribution in [0.3, 0.4) is 0 Å². The van der Waals surface area contributed by atoms with Crippen LogP contribution in [0.4, 0.5) is 4.39 Å². The minimum Gasteiger partial charge on any atom is -0.383 e. The first-order chi connectivity index (χ1) is 11.7. The van der Waals surface area contributed by atoms with Gasteiger partial charge in [0.1, 0.15) is 11.9 Å². The molecule has 2 aromatic heterocycles. The van der Waals surface area contributed by atoms with Gasteiger partial charge in [-0.25, -0.2) is 9.37 Å². The van der Waals surface area contributed by atoms with E-state index in [2.05, 4.69) is 9.38 Å². The molecule has 24 heavy (non-hydrogen) atoms. The fraction of sp³-hybridized carbons (Fsp3) is 0.316. The standard InChI is InChI=1S/C19H19FN2OS/c20-14-9-6-13(7-10-14)8-11-17(23)16-12-21-19-22(16)15-4-2-1-3-5-18(15)24-19/h6-12,17,23H,1-5H2. The highest BCUT2D eigenvalue weighted by molar-refractivity contribution is 7.17. The van der Waals surface area contributed by atoms with Gasteiger partial charge in [0, 0.05) is 10.6 Å². The molecular formula is C19H19FN2OS. The summed E-state index contributed by atoms with van der Waals surface area (Å²) in [5.74, 6) is -0.258. The van der Waals surface area contributed by atoms with Gasteiger partial charge < -0.3 is 5.11 Å². The van der Waals surface area contributed by atoms with Gasteiger partial charge in [-0.2, -0.15) is 0 Å². The third-order valence-electron chi connectivity index (χ3n) is 4.52. The number of hydrogen-bond donors (Lipinski definition) is 1. The molecule has 1 aromatic carbocycles. The van der Waals surface area contributed by atoms with Crippen LogP contribution >= 0.6 is 11.3 Å². The summed E-state index contributed by atoms with van der Waals surface area (Å²) in [5.41, 5.74) is 2.98. The van der Waals surface area contributed by atoms with Crippen LogP contribution in [-0.2, 0) is 12.8 Å². The van der Waals surface area contributed by atoms with Crippen molar-refractivity contribution in [1.29, 1.82) is 0 Å². The summed E-state index contributed by atoms with van der Waals surface area (Å²) in [4.78, 5) is 6.85. The minimum absolute atomic E-state index is 0.258. The number of aliphatic hydroxyl groups excluding tert-OH is 1. The number of thiazole rings is 1. The summed E-state index contributed by atoms with van der Waals surface area (Å²) in [7, 11) is 0. The van der Waals surface area contributed by atoms with E-state index >= 15 is 0 Å². The monoisotopic (exact) mass is 342 g/mol. The van der Waals surface area contributed by atoms with Crippen molar-refractivity contribution >= 4 is 22.4 Å². The van der Waals surface area contributed by atoms with Crippen molar-refractivity contribution in [3.63, 3.8) is 0 Å². The first-order valence-corrected chi connectivity index (χ1v) is 9.14. The second kappa shape index (κ2) is 6.49. The molecule has 4 rings (SSSR count). The zero-order chi connectivity index (χ0) is 16.5. The maximum absolute atomic E-state index is 13.0. The number of nitrogens with zero attached hydrogens (tertiary/aromatic N) is 2. The van der Waals surface area contributed by atoms with Gasteiger partial charge in [0.15, 0.2) is 4.96 Å². The van der Waals surface area contributed by atoms with Gasteiger partial charge in [0.25, 0.3) is 0 Å². The zero-order valence-electron chi connectivity index (χ0n) is 13.3. The lowest BCUT2D eigenvalue weighted by Crippen LogP contribution is -2.02. The van der Waals surface area contributed by atoms with Gasteiger partial charge in [-0.05, 0) is 49.5 Å². The Morgan fingerprint density at radius 3 is 2.79 bits per heavy atom. The van der Waals surface area contributed by atoms with Crippen LogP contribution in [0.5, 0.6) is 0 Å². The van der Waals surface area contributed by atoms with Crippen molar-refractivity contribution in [2.24, 2.45) is 0 Å². The Hall–Kier alpha value is -1.98. The van der Waals surface area contributed by atoms with E-state index in [-0.39, 0.29) is 5.82 Å². The number of aryl methyl sites for hydroxylation is 2.